The number of hydrogen-bond donors (Lipinski definition) is 0. The molecule has 16 heavy (non-hydrogen) atoms. The van der Waals surface area contributed by atoms with Gasteiger partial charge in [0.05, 0.1) is 0 Å². The van der Waals surface area contributed by atoms with Gasteiger partial charge in [0.25, 0.3) is 0 Å². The van der Waals surface area contributed by atoms with E-state index in [1.54, 1.807) is 0 Å². The summed E-state index contributed by atoms with van der Waals surface area (Å²) in [4.78, 5) is 0. The fraction of sp³-hybridized carbons (Fsp3) is 0.667. The molecule has 0 unspecified atom stereocenters. The molecule has 0 spiro atoms. The molecule has 0 atom stereocenters. The van der Waals surface area contributed by atoms with Gasteiger partial charge in [0, 0.05) is 18.6 Å². The molecule has 1 rings (SSSR count). The number of rotatable bonds is 8. The molecule has 0 fully saturated rings. The van der Waals surface area contributed by atoms with Gasteiger partial charge in [-0.3, -0.25) is 0 Å². The van der Waals surface area contributed by atoms with Crippen molar-refractivity contribution >= 4 is 0 Å². The molecule has 0 saturated carbocycles. The van der Waals surface area contributed by atoms with Crippen molar-refractivity contribution in [2.75, 3.05) is 0 Å². The maximum Gasteiger partial charge on any atom is 0.169 e. The smallest absolute Gasteiger partial charge is 0.169 e. The molecule has 0 radical (unpaired) electrons. The second-order valence-electron chi connectivity index (χ2n) is 4.61. The highest BCUT2D eigenvalue weighted by Gasteiger charge is 2.00. The van der Waals surface area contributed by atoms with Crippen LogP contribution in [0.4, 0.5) is 0 Å². The highest BCUT2D eigenvalue weighted by molar-refractivity contribution is 5.07. The molecule has 0 aromatic carbocycles. The average molecular weight is 220 g/mol. The molecule has 0 N–H and O–H groups in total. The van der Waals surface area contributed by atoms with Crippen LogP contribution >= 0.6 is 0 Å². The van der Waals surface area contributed by atoms with E-state index in [2.05, 4.69) is 42.9 Å². The van der Waals surface area contributed by atoms with Crippen LogP contribution in [0.2, 0.25) is 0 Å². The molecule has 1 aromatic rings. The molecule has 0 amide bonds. The molecule has 0 aliphatic heterocycles. The molecule has 0 aliphatic rings. The Morgan fingerprint density at radius 3 is 2.12 bits per heavy atom. The zero-order chi connectivity index (χ0) is 11.6. The van der Waals surface area contributed by atoms with Crippen LogP contribution in [0, 0.1) is 0 Å². The van der Waals surface area contributed by atoms with Gasteiger partial charge < -0.3 is 0 Å². The third-order valence-corrected chi connectivity index (χ3v) is 3.05. The maximum atomic E-state index is 2.30. The van der Waals surface area contributed by atoms with Crippen molar-refractivity contribution in [3.05, 3.63) is 30.1 Å². The summed E-state index contributed by atoms with van der Waals surface area (Å²) >= 11 is 0. The zero-order valence-corrected chi connectivity index (χ0v) is 10.9. The summed E-state index contributed by atoms with van der Waals surface area (Å²) in [6.45, 7) is 5.68. The van der Waals surface area contributed by atoms with Crippen LogP contribution < -0.4 is 4.57 Å². The predicted octanol–water partition coefficient (Wildman–Crippen LogP) is 3.90. The fourth-order valence-corrected chi connectivity index (χ4v) is 1.93. The lowest BCUT2D eigenvalue weighted by Gasteiger charge is -2.00. The molecule has 1 nitrogen and oxygen atoms in total. The summed E-state index contributed by atoms with van der Waals surface area (Å²) < 4.78 is 2.30. The summed E-state index contributed by atoms with van der Waals surface area (Å²) in [6.07, 6.45) is 13.6. The van der Waals surface area contributed by atoms with Gasteiger partial charge in [0.1, 0.15) is 6.54 Å². The number of hydrogen-bond acceptors (Lipinski definition) is 0. The summed E-state index contributed by atoms with van der Waals surface area (Å²) in [5, 5.41) is 0. The van der Waals surface area contributed by atoms with E-state index in [1.807, 2.05) is 0 Å². The van der Waals surface area contributed by atoms with Gasteiger partial charge in [-0.15, -0.1) is 0 Å². The molecular formula is C15H26N+. The Labute approximate surface area is 101 Å². The number of aryl methyl sites for hydroxylation is 2. The van der Waals surface area contributed by atoms with Crippen molar-refractivity contribution in [2.45, 2.75) is 65.3 Å². The summed E-state index contributed by atoms with van der Waals surface area (Å²) in [7, 11) is 0. The molecule has 0 bridgehead atoms. The Balaban J connectivity index is 2.30. The molecular weight excluding hydrogens is 194 g/mol. The Hall–Kier alpha value is -0.850. The third-order valence-electron chi connectivity index (χ3n) is 3.05. The van der Waals surface area contributed by atoms with E-state index in [4.69, 9.17) is 0 Å². The molecule has 1 heterocycles. The largest absolute Gasteiger partial charge is 0.205 e. The van der Waals surface area contributed by atoms with Gasteiger partial charge in [0.2, 0.25) is 0 Å². The normalized spacial score (nSPS) is 10.6. The second kappa shape index (κ2) is 8.32. The lowest BCUT2D eigenvalue weighted by Crippen LogP contribution is -2.32. The van der Waals surface area contributed by atoms with E-state index < -0.39 is 0 Å². The van der Waals surface area contributed by atoms with Gasteiger partial charge in [0.15, 0.2) is 12.4 Å². The van der Waals surface area contributed by atoms with Crippen molar-refractivity contribution in [2.24, 2.45) is 0 Å². The highest BCUT2D eigenvalue weighted by Crippen LogP contribution is 2.04. The second-order valence-corrected chi connectivity index (χ2v) is 4.61. The minimum Gasteiger partial charge on any atom is -0.205 e. The van der Waals surface area contributed by atoms with Crippen molar-refractivity contribution in [3.8, 4) is 0 Å². The Kier molecular flexibility index (Phi) is 6.87. The van der Waals surface area contributed by atoms with Gasteiger partial charge in [-0.05, 0) is 24.8 Å². The van der Waals surface area contributed by atoms with Crippen LogP contribution in [0.3, 0.4) is 0 Å². The van der Waals surface area contributed by atoms with Crippen LogP contribution in [-0.2, 0) is 13.0 Å². The summed E-state index contributed by atoms with van der Waals surface area (Å²) in [5.41, 5.74) is 1.49. The molecule has 90 valence electrons. The maximum absolute atomic E-state index is 2.30. The van der Waals surface area contributed by atoms with Crippen LogP contribution in [0.15, 0.2) is 24.5 Å². The highest BCUT2D eigenvalue weighted by atomic mass is 14.9. The van der Waals surface area contributed by atoms with E-state index in [1.165, 1.54) is 57.1 Å². The minimum atomic E-state index is 1.17. The van der Waals surface area contributed by atoms with Crippen LogP contribution in [0.25, 0.3) is 0 Å². The average Bonchev–Trinajstić information content (AvgIpc) is 2.32. The molecule has 0 saturated heterocycles. The minimum absolute atomic E-state index is 1.17. The van der Waals surface area contributed by atoms with Crippen molar-refractivity contribution in [1.29, 1.82) is 0 Å². The topological polar surface area (TPSA) is 3.88 Å². The first-order chi connectivity index (χ1) is 7.86. The summed E-state index contributed by atoms with van der Waals surface area (Å²) in [6, 6.07) is 4.56. The predicted molar refractivity (Wildman–Crippen MR) is 69.4 cm³/mol. The monoisotopic (exact) mass is 220 g/mol. The first-order valence-electron chi connectivity index (χ1n) is 6.84. The van der Waals surface area contributed by atoms with Crippen LogP contribution in [0.5, 0.6) is 0 Å². The first-order valence-corrected chi connectivity index (χ1v) is 6.84. The lowest BCUT2D eigenvalue weighted by molar-refractivity contribution is -0.697. The molecule has 1 heteroatoms. The van der Waals surface area contributed by atoms with E-state index in [-0.39, 0.29) is 0 Å². The van der Waals surface area contributed by atoms with Crippen molar-refractivity contribution in [1.82, 2.24) is 0 Å². The van der Waals surface area contributed by atoms with Gasteiger partial charge in [-0.1, -0.05) is 33.1 Å². The van der Waals surface area contributed by atoms with E-state index in [0.29, 0.717) is 0 Å². The van der Waals surface area contributed by atoms with Crippen molar-refractivity contribution in [3.63, 3.8) is 0 Å². The third kappa shape index (κ3) is 5.29. The molecule has 1 aromatic heterocycles. The van der Waals surface area contributed by atoms with E-state index >= 15 is 0 Å². The van der Waals surface area contributed by atoms with E-state index in [9.17, 15) is 0 Å². The quantitative estimate of drug-likeness (QED) is 0.462. The molecule has 0 aliphatic carbocycles. The Morgan fingerprint density at radius 1 is 0.875 bits per heavy atom. The number of pyridine rings is 1. The number of unbranched alkanes of at least 4 members (excludes halogenated alkanes) is 4. The van der Waals surface area contributed by atoms with Gasteiger partial charge in [-0.2, -0.15) is 0 Å². The fourth-order valence-electron chi connectivity index (χ4n) is 1.93. The standard InChI is InChI=1S/C15H26N/c1-3-5-7-9-15-10-13-16(14-11-15)12-8-6-4-2/h10-11,13-14H,3-9,12H2,1-2H3/q+1. The van der Waals surface area contributed by atoms with Gasteiger partial charge in [-0.25, -0.2) is 4.57 Å². The first kappa shape index (κ1) is 13.2. The number of aromatic nitrogens is 1. The van der Waals surface area contributed by atoms with E-state index in [0.717, 1.165) is 0 Å². The lowest BCUT2D eigenvalue weighted by atomic mass is 10.1. The van der Waals surface area contributed by atoms with Gasteiger partial charge >= 0.3 is 0 Å². The Morgan fingerprint density at radius 2 is 1.50 bits per heavy atom. The Bertz CT molecular complexity index is 234. The van der Waals surface area contributed by atoms with Crippen LogP contribution in [0.1, 0.15) is 57.9 Å². The SMILES string of the molecule is CCCCCc1cc[n+](CCCCC)cc1. The summed E-state index contributed by atoms with van der Waals surface area (Å²) in [5.74, 6) is 0. The zero-order valence-electron chi connectivity index (χ0n) is 10.9. The van der Waals surface area contributed by atoms with Crippen molar-refractivity contribution < 1.29 is 4.57 Å². The number of nitrogens with zero attached hydrogens (tertiary/aromatic N) is 1. The van der Waals surface area contributed by atoms with Crippen LogP contribution in [-0.4, -0.2) is 0 Å².